The van der Waals surface area contributed by atoms with Crippen molar-refractivity contribution in [2.75, 3.05) is 6.61 Å². The number of carbonyl (C=O) groups excluding carboxylic acids is 3. The first-order chi connectivity index (χ1) is 12.1. The Morgan fingerprint density at radius 2 is 2.08 bits per heavy atom. The van der Waals surface area contributed by atoms with E-state index < -0.39 is 34.4 Å². The highest BCUT2D eigenvalue weighted by molar-refractivity contribution is 6.30. The van der Waals surface area contributed by atoms with Gasteiger partial charge in [-0.1, -0.05) is 25.5 Å². The van der Waals surface area contributed by atoms with Gasteiger partial charge in [0, 0.05) is 0 Å². The van der Waals surface area contributed by atoms with Crippen molar-refractivity contribution in [2.45, 2.75) is 64.8 Å². The zero-order valence-corrected chi connectivity index (χ0v) is 15.8. The largest absolute Gasteiger partial charge is 0.389 e. The zero-order valence-electron chi connectivity index (χ0n) is 15.8. The van der Waals surface area contributed by atoms with Crippen LogP contribution in [0.1, 0.15) is 47.0 Å². The maximum Gasteiger partial charge on any atom is 0.231 e. The molecule has 6 heteroatoms. The lowest BCUT2D eigenvalue weighted by atomic mass is 9.45. The van der Waals surface area contributed by atoms with Crippen molar-refractivity contribution in [3.05, 3.63) is 11.6 Å². The lowest BCUT2D eigenvalue weighted by Crippen LogP contribution is -2.62. The molecule has 0 aromatic rings. The fourth-order valence-electron chi connectivity index (χ4n) is 5.40. The number of allylic oxidation sites excluding steroid dienone is 2. The average molecular weight is 364 g/mol. The van der Waals surface area contributed by atoms with Gasteiger partial charge in [0.1, 0.15) is 6.10 Å². The molecular weight excluding hydrogens is 336 g/mol. The zero-order chi connectivity index (χ0) is 19.5. The number of Topliss-reactive ketones (excluding diaryl/α,β-unsaturated/α-hetero) is 2. The fourth-order valence-corrected chi connectivity index (χ4v) is 5.40. The minimum absolute atomic E-state index is 0.0263. The van der Waals surface area contributed by atoms with E-state index in [1.807, 2.05) is 27.7 Å². The Hall–Kier alpha value is -1.37. The first-order valence-electron chi connectivity index (χ1n) is 9.27. The molecule has 1 aliphatic heterocycles. The summed E-state index contributed by atoms with van der Waals surface area (Å²) < 4.78 is 5.19. The molecule has 1 saturated carbocycles. The van der Waals surface area contributed by atoms with Gasteiger partial charge in [-0.2, -0.15) is 0 Å². The van der Waals surface area contributed by atoms with Crippen LogP contribution < -0.4 is 0 Å². The van der Waals surface area contributed by atoms with Crippen LogP contribution in [0.5, 0.6) is 0 Å². The molecule has 0 aromatic carbocycles. The summed E-state index contributed by atoms with van der Waals surface area (Å²) in [5, 5.41) is 21.5. The topological polar surface area (TPSA) is 104 Å². The second-order valence-corrected chi connectivity index (χ2v) is 8.70. The molecule has 1 saturated heterocycles. The molecule has 0 amide bonds. The van der Waals surface area contributed by atoms with Crippen molar-refractivity contribution < 1.29 is 29.3 Å². The second-order valence-electron chi connectivity index (χ2n) is 8.70. The Kier molecular flexibility index (Phi) is 4.53. The van der Waals surface area contributed by atoms with Crippen LogP contribution in [0.25, 0.3) is 0 Å². The summed E-state index contributed by atoms with van der Waals surface area (Å²) in [6, 6.07) is 0. The lowest BCUT2D eigenvalue weighted by Gasteiger charge is -2.58. The van der Waals surface area contributed by atoms with Crippen LogP contribution in [-0.4, -0.2) is 52.5 Å². The lowest BCUT2D eigenvalue weighted by molar-refractivity contribution is -0.169. The Balaban J connectivity index is 1.99. The molecule has 2 aliphatic carbocycles. The van der Waals surface area contributed by atoms with Crippen LogP contribution in [0.4, 0.5) is 0 Å². The third-order valence-electron chi connectivity index (χ3n) is 7.66. The van der Waals surface area contributed by atoms with Gasteiger partial charge in [0.25, 0.3) is 0 Å². The molecule has 3 aliphatic rings. The molecule has 0 aromatic heterocycles. The van der Waals surface area contributed by atoms with Crippen LogP contribution in [-0.2, 0) is 19.1 Å². The Labute approximate surface area is 153 Å². The first kappa shape index (κ1) is 19.4. The molecule has 1 heterocycles. The number of rotatable bonds is 5. The quantitative estimate of drug-likeness (QED) is 0.329. The molecule has 2 N–H and O–H groups in total. The third kappa shape index (κ3) is 2.38. The van der Waals surface area contributed by atoms with Crippen molar-refractivity contribution in [1.29, 1.82) is 0 Å². The smallest absolute Gasteiger partial charge is 0.231 e. The van der Waals surface area contributed by atoms with E-state index in [0.29, 0.717) is 0 Å². The van der Waals surface area contributed by atoms with E-state index in [-0.39, 0.29) is 36.9 Å². The van der Waals surface area contributed by atoms with Gasteiger partial charge in [0.05, 0.1) is 18.1 Å². The van der Waals surface area contributed by atoms with Gasteiger partial charge in [-0.15, -0.1) is 0 Å². The molecule has 0 unspecified atom stereocenters. The highest BCUT2D eigenvalue weighted by Crippen LogP contribution is 2.61. The number of hydrogen-bond acceptors (Lipinski definition) is 6. The number of carbonyl (C=O) groups is 3. The highest BCUT2D eigenvalue weighted by atomic mass is 16.6. The number of aldehydes is 1. The first-order valence-corrected chi connectivity index (χ1v) is 9.27. The molecule has 144 valence electrons. The molecule has 2 fully saturated rings. The standard InChI is InChI=1S/C20H28O6/c1-11-6-5-7-13-18(3,12(2)16(24)17(25)19(11,13)4)8-14(22)20(10-26-20)15(23)9-21/h6,9,12-14,16,22,24H,5,7-8,10H2,1-4H3/t12-,13+,14+,16-,18-,19-,20-/m0/s1. The van der Waals surface area contributed by atoms with E-state index in [2.05, 4.69) is 6.08 Å². The van der Waals surface area contributed by atoms with E-state index in [1.54, 1.807) is 0 Å². The highest BCUT2D eigenvalue weighted by Gasteiger charge is 2.65. The summed E-state index contributed by atoms with van der Waals surface area (Å²) in [5.74, 6) is -1.37. The van der Waals surface area contributed by atoms with Gasteiger partial charge in [-0.05, 0) is 50.4 Å². The van der Waals surface area contributed by atoms with Gasteiger partial charge in [0.15, 0.2) is 17.7 Å². The minimum atomic E-state index is -1.45. The molecule has 3 rings (SSSR count). The minimum Gasteiger partial charge on any atom is -0.389 e. The van der Waals surface area contributed by atoms with Gasteiger partial charge in [0.2, 0.25) is 5.78 Å². The summed E-state index contributed by atoms with van der Waals surface area (Å²) in [6.07, 6.45) is 1.76. The Morgan fingerprint density at radius 1 is 1.46 bits per heavy atom. The SMILES string of the molecule is CC1=CCC[C@H]2[C@@]1(C)C(=O)[C@@H](O)[C@H](C)[C@]2(C)C[C@@H](O)[C@]1(C(=O)C=O)CO1. The Bertz CT molecular complexity index is 678. The van der Waals surface area contributed by atoms with Crippen molar-refractivity contribution in [3.8, 4) is 0 Å². The van der Waals surface area contributed by atoms with E-state index in [9.17, 15) is 24.6 Å². The van der Waals surface area contributed by atoms with E-state index in [1.165, 1.54) is 0 Å². The van der Waals surface area contributed by atoms with Crippen LogP contribution in [0.2, 0.25) is 0 Å². The average Bonchev–Trinajstić information content (AvgIpc) is 3.42. The van der Waals surface area contributed by atoms with Crippen molar-refractivity contribution >= 4 is 17.9 Å². The van der Waals surface area contributed by atoms with E-state index in [0.717, 1.165) is 18.4 Å². The van der Waals surface area contributed by atoms with Crippen molar-refractivity contribution in [1.82, 2.24) is 0 Å². The number of epoxide rings is 1. The monoisotopic (exact) mass is 364 g/mol. The van der Waals surface area contributed by atoms with Gasteiger partial charge in [-0.25, -0.2) is 0 Å². The van der Waals surface area contributed by atoms with Crippen molar-refractivity contribution in [3.63, 3.8) is 0 Å². The summed E-state index contributed by atoms with van der Waals surface area (Å²) >= 11 is 0. The number of aliphatic hydroxyl groups excluding tert-OH is 2. The Morgan fingerprint density at radius 3 is 2.62 bits per heavy atom. The number of aliphatic hydroxyl groups is 2. The number of ketones is 2. The normalized spacial score (nSPS) is 46.2. The number of hydrogen-bond donors (Lipinski definition) is 2. The predicted octanol–water partition coefficient (Wildman–Crippen LogP) is 1.22. The van der Waals surface area contributed by atoms with Crippen LogP contribution in [0, 0.1) is 22.7 Å². The molecule has 0 spiro atoms. The van der Waals surface area contributed by atoms with Gasteiger partial charge in [-0.3, -0.25) is 14.4 Å². The van der Waals surface area contributed by atoms with Crippen molar-refractivity contribution in [2.24, 2.45) is 22.7 Å². The maximum absolute atomic E-state index is 13.0. The summed E-state index contributed by atoms with van der Waals surface area (Å²) in [7, 11) is 0. The summed E-state index contributed by atoms with van der Waals surface area (Å²) in [6.45, 7) is 7.62. The predicted molar refractivity (Wildman–Crippen MR) is 93.3 cm³/mol. The van der Waals surface area contributed by atoms with Gasteiger partial charge >= 0.3 is 0 Å². The molecule has 7 atom stereocenters. The third-order valence-corrected chi connectivity index (χ3v) is 7.66. The summed E-state index contributed by atoms with van der Waals surface area (Å²) in [5.41, 5.74) is -1.87. The van der Waals surface area contributed by atoms with Crippen LogP contribution in [0.3, 0.4) is 0 Å². The molecular formula is C20H28O6. The fraction of sp³-hybridized carbons (Fsp3) is 0.750. The van der Waals surface area contributed by atoms with Crippen LogP contribution >= 0.6 is 0 Å². The number of fused-ring (bicyclic) bond motifs is 1. The molecule has 26 heavy (non-hydrogen) atoms. The second kappa shape index (κ2) is 6.08. The summed E-state index contributed by atoms with van der Waals surface area (Å²) in [4.78, 5) is 35.8. The number of ether oxygens (including phenoxy) is 1. The van der Waals surface area contributed by atoms with Gasteiger partial charge < -0.3 is 14.9 Å². The van der Waals surface area contributed by atoms with E-state index >= 15 is 0 Å². The molecule has 0 radical (unpaired) electrons. The molecule has 6 nitrogen and oxygen atoms in total. The molecule has 0 bridgehead atoms. The van der Waals surface area contributed by atoms with Crippen LogP contribution in [0.15, 0.2) is 11.6 Å². The van der Waals surface area contributed by atoms with E-state index in [4.69, 9.17) is 4.74 Å². The maximum atomic E-state index is 13.0.